The van der Waals surface area contributed by atoms with Crippen LogP contribution in [0.1, 0.15) is 6.92 Å². The van der Waals surface area contributed by atoms with Gasteiger partial charge in [-0.1, -0.05) is 6.07 Å². The van der Waals surface area contributed by atoms with Crippen molar-refractivity contribution in [3.8, 4) is 17.2 Å². The zero-order chi connectivity index (χ0) is 17.0. The summed E-state index contributed by atoms with van der Waals surface area (Å²) in [5.74, 6) is -2.03. The van der Waals surface area contributed by atoms with Gasteiger partial charge in [0.15, 0.2) is 17.2 Å². The number of anilines is 3. The first-order valence-electron chi connectivity index (χ1n) is 6.56. The quantitative estimate of drug-likeness (QED) is 0.382. The van der Waals surface area contributed by atoms with Gasteiger partial charge in [0, 0.05) is 30.4 Å². The molecule has 2 aromatic rings. The SMILES string of the molecule is CC(=O)Nc1cccc(NC(=O)Nc2cc(O)c(O)c(O)c2)c1. The summed E-state index contributed by atoms with van der Waals surface area (Å²) in [6.45, 7) is 1.37. The first kappa shape index (κ1) is 16.0. The molecule has 0 saturated carbocycles. The molecule has 2 aromatic carbocycles. The number of rotatable bonds is 3. The van der Waals surface area contributed by atoms with Crippen molar-refractivity contribution in [2.45, 2.75) is 6.92 Å². The Balaban J connectivity index is 2.06. The second-order valence-electron chi connectivity index (χ2n) is 4.70. The molecule has 0 unspecified atom stereocenters. The minimum absolute atomic E-state index is 0.0910. The van der Waals surface area contributed by atoms with Crippen LogP contribution in [-0.2, 0) is 4.79 Å². The van der Waals surface area contributed by atoms with Gasteiger partial charge in [-0.25, -0.2) is 4.79 Å². The lowest BCUT2D eigenvalue weighted by Crippen LogP contribution is -2.19. The molecule has 0 aliphatic heterocycles. The van der Waals surface area contributed by atoms with Gasteiger partial charge in [-0.15, -0.1) is 0 Å². The number of carbonyl (C=O) groups is 2. The predicted octanol–water partition coefficient (Wildman–Crippen LogP) is 2.41. The summed E-state index contributed by atoms with van der Waals surface area (Å²) < 4.78 is 0. The molecule has 0 fully saturated rings. The zero-order valence-electron chi connectivity index (χ0n) is 12.1. The monoisotopic (exact) mass is 317 g/mol. The van der Waals surface area contributed by atoms with Crippen LogP contribution in [-0.4, -0.2) is 27.3 Å². The summed E-state index contributed by atoms with van der Waals surface area (Å²) in [6, 6.07) is 8.04. The van der Waals surface area contributed by atoms with Gasteiger partial charge in [-0.3, -0.25) is 4.79 Å². The van der Waals surface area contributed by atoms with Crippen LogP contribution >= 0.6 is 0 Å². The Morgan fingerprint density at radius 1 is 0.826 bits per heavy atom. The molecule has 0 saturated heterocycles. The van der Waals surface area contributed by atoms with Crippen molar-refractivity contribution in [3.05, 3.63) is 36.4 Å². The molecule has 8 nitrogen and oxygen atoms in total. The van der Waals surface area contributed by atoms with E-state index in [4.69, 9.17) is 0 Å². The van der Waals surface area contributed by atoms with Crippen molar-refractivity contribution in [3.63, 3.8) is 0 Å². The summed E-state index contributed by atoms with van der Waals surface area (Å²) in [5.41, 5.74) is 1.05. The van der Waals surface area contributed by atoms with Crippen LogP contribution in [0.5, 0.6) is 17.2 Å². The predicted molar refractivity (Wildman–Crippen MR) is 84.8 cm³/mol. The van der Waals surface area contributed by atoms with Crippen LogP contribution in [0.15, 0.2) is 36.4 Å². The van der Waals surface area contributed by atoms with Gasteiger partial charge in [0.05, 0.1) is 5.69 Å². The fourth-order valence-corrected chi connectivity index (χ4v) is 1.85. The van der Waals surface area contributed by atoms with E-state index < -0.39 is 23.3 Å². The van der Waals surface area contributed by atoms with Crippen LogP contribution < -0.4 is 16.0 Å². The van der Waals surface area contributed by atoms with Crippen LogP contribution in [0.2, 0.25) is 0 Å². The molecule has 6 N–H and O–H groups in total. The average Bonchev–Trinajstić information content (AvgIpc) is 2.44. The van der Waals surface area contributed by atoms with E-state index in [1.165, 1.54) is 6.92 Å². The highest BCUT2D eigenvalue weighted by molar-refractivity contribution is 6.00. The molecule has 8 heteroatoms. The standard InChI is InChI=1S/C15H15N3O5/c1-8(19)16-9-3-2-4-10(5-9)17-15(23)18-11-6-12(20)14(22)13(21)7-11/h2-7,20-22H,1H3,(H,16,19)(H2,17,18,23). The molecular formula is C15H15N3O5. The van der Waals surface area contributed by atoms with Gasteiger partial charge in [0.25, 0.3) is 0 Å². The highest BCUT2D eigenvalue weighted by Gasteiger charge is 2.10. The molecule has 0 bridgehead atoms. The highest BCUT2D eigenvalue weighted by Crippen LogP contribution is 2.37. The maximum absolute atomic E-state index is 11.9. The Kier molecular flexibility index (Phi) is 4.55. The summed E-state index contributed by atoms with van der Waals surface area (Å²) in [7, 11) is 0. The molecule has 0 radical (unpaired) electrons. The smallest absolute Gasteiger partial charge is 0.323 e. The number of amides is 3. The number of carbonyl (C=O) groups excluding carboxylic acids is 2. The lowest BCUT2D eigenvalue weighted by atomic mass is 10.2. The Labute approximate surface area is 131 Å². The van der Waals surface area contributed by atoms with E-state index in [0.717, 1.165) is 12.1 Å². The van der Waals surface area contributed by atoms with E-state index in [9.17, 15) is 24.9 Å². The summed E-state index contributed by atoms with van der Waals surface area (Å²) in [6.07, 6.45) is 0. The van der Waals surface area contributed by atoms with Crippen molar-refractivity contribution in [1.29, 1.82) is 0 Å². The van der Waals surface area contributed by atoms with Crippen molar-refractivity contribution in [2.24, 2.45) is 0 Å². The van der Waals surface area contributed by atoms with Gasteiger partial charge >= 0.3 is 6.03 Å². The first-order valence-corrected chi connectivity index (χ1v) is 6.56. The Morgan fingerprint density at radius 2 is 1.35 bits per heavy atom. The highest BCUT2D eigenvalue weighted by atomic mass is 16.3. The summed E-state index contributed by atoms with van der Waals surface area (Å²) in [4.78, 5) is 22.9. The molecule has 0 heterocycles. The third-order valence-corrected chi connectivity index (χ3v) is 2.77. The molecule has 120 valence electrons. The van der Waals surface area contributed by atoms with Crippen molar-refractivity contribution >= 4 is 29.0 Å². The number of aromatic hydroxyl groups is 3. The second kappa shape index (κ2) is 6.56. The number of hydrogen-bond donors (Lipinski definition) is 6. The third-order valence-electron chi connectivity index (χ3n) is 2.77. The fourth-order valence-electron chi connectivity index (χ4n) is 1.85. The minimum atomic E-state index is -0.668. The maximum atomic E-state index is 11.9. The average molecular weight is 317 g/mol. The van der Waals surface area contributed by atoms with Gasteiger partial charge in [0.2, 0.25) is 5.91 Å². The zero-order valence-corrected chi connectivity index (χ0v) is 12.1. The molecule has 2 rings (SSSR count). The van der Waals surface area contributed by atoms with E-state index in [1.807, 2.05) is 0 Å². The topological polar surface area (TPSA) is 131 Å². The first-order chi connectivity index (χ1) is 10.8. The second-order valence-corrected chi connectivity index (χ2v) is 4.70. The van der Waals surface area contributed by atoms with Crippen LogP contribution in [0.3, 0.4) is 0 Å². The Hall–Kier alpha value is -3.42. The van der Waals surface area contributed by atoms with Crippen LogP contribution in [0.25, 0.3) is 0 Å². The Morgan fingerprint density at radius 3 is 1.91 bits per heavy atom. The molecular weight excluding hydrogens is 302 g/mol. The van der Waals surface area contributed by atoms with E-state index in [-0.39, 0.29) is 11.6 Å². The van der Waals surface area contributed by atoms with Crippen LogP contribution in [0.4, 0.5) is 21.9 Å². The fraction of sp³-hybridized carbons (Fsp3) is 0.0667. The number of phenols is 3. The Bertz CT molecular complexity index is 738. The van der Waals surface area contributed by atoms with Crippen molar-refractivity contribution < 1.29 is 24.9 Å². The molecule has 23 heavy (non-hydrogen) atoms. The molecule has 3 amide bonds. The normalized spacial score (nSPS) is 9.96. The van der Waals surface area contributed by atoms with Gasteiger partial charge < -0.3 is 31.3 Å². The number of nitrogens with one attached hydrogen (secondary N) is 3. The molecule has 0 aromatic heterocycles. The van der Waals surface area contributed by atoms with Gasteiger partial charge in [-0.05, 0) is 18.2 Å². The number of benzene rings is 2. The molecule has 0 aliphatic rings. The third kappa shape index (κ3) is 4.27. The molecule has 0 spiro atoms. The minimum Gasteiger partial charge on any atom is -0.504 e. The molecule has 0 atom stereocenters. The summed E-state index contributed by atoms with van der Waals surface area (Å²) in [5, 5.41) is 35.5. The largest absolute Gasteiger partial charge is 0.504 e. The van der Waals surface area contributed by atoms with E-state index in [1.54, 1.807) is 24.3 Å². The summed E-state index contributed by atoms with van der Waals surface area (Å²) >= 11 is 0. The van der Waals surface area contributed by atoms with Crippen molar-refractivity contribution in [1.82, 2.24) is 0 Å². The van der Waals surface area contributed by atoms with Gasteiger partial charge in [-0.2, -0.15) is 0 Å². The van der Waals surface area contributed by atoms with Gasteiger partial charge in [0.1, 0.15) is 0 Å². The number of phenolic OH excluding ortho intramolecular Hbond substituents is 3. The number of hydrogen-bond acceptors (Lipinski definition) is 5. The lowest BCUT2D eigenvalue weighted by Gasteiger charge is -2.10. The van der Waals surface area contributed by atoms with E-state index in [0.29, 0.717) is 11.4 Å². The molecule has 0 aliphatic carbocycles. The maximum Gasteiger partial charge on any atom is 0.323 e. The lowest BCUT2D eigenvalue weighted by molar-refractivity contribution is -0.114. The number of urea groups is 1. The van der Waals surface area contributed by atoms with Crippen molar-refractivity contribution in [2.75, 3.05) is 16.0 Å². The van der Waals surface area contributed by atoms with E-state index >= 15 is 0 Å². The van der Waals surface area contributed by atoms with E-state index in [2.05, 4.69) is 16.0 Å². The van der Waals surface area contributed by atoms with Crippen LogP contribution in [0, 0.1) is 0 Å².